The minimum Gasteiger partial charge on any atom is -0.384 e. The fourth-order valence-corrected chi connectivity index (χ4v) is 3.74. The van der Waals surface area contributed by atoms with Crippen LogP contribution < -0.4 is 5.32 Å². The summed E-state index contributed by atoms with van der Waals surface area (Å²) in [6.07, 6.45) is 2.00. The highest BCUT2D eigenvalue weighted by molar-refractivity contribution is 5.82. The largest absolute Gasteiger partial charge is 0.384 e. The van der Waals surface area contributed by atoms with E-state index in [1.165, 1.54) is 12.1 Å². The van der Waals surface area contributed by atoms with Crippen LogP contribution >= 0.6 is 0 Å². The molecule has 120 valence electrons. The summed E-state index contributed by atoms with van der Waals surface area (Å²) in [6, 6.07) is 6.70. The van der Waals surface area contributed by atoms with Crippen molar-refractivity contribution in [3.8, 4) is 0 Å². The zero-order chi connectivity index (χ0) is 15.6. The zero-order valence-electron chi connectivity index (χ0n) is 13.0. The predicted molar refractivity (Wildman–Crippen MR) is 81.7 cm³/mol. The molecule has 1 amide bonds. The summed E-state index contributed by atoms with van der Waals surface area (Å²) in [7, 11) is 1.66. The molecule has 1 N–H and O–H groups in total. The molecule has 2 aliphatic rings. The van der Waals surface area contributed by atoms with Crippen molar-refractivity contribution in [2.45, 2.75) is 19.4 Å². The van der Waals surface area contributed by atoms with Crippen LogP contribution in [0.5, 0.6) is 0 Å². The summed E-state index contributed by atoms with van der Waals surface area (Å²) >= 11 is 0. The van der Waals surface area contributed by atoms with Crippen LogP contribution in [-0.4, -0.2) is 44.2 Å². The summed E-state index contributed by atoms with van der Waals surface area (Å²) in [5, 5.41) is 3.01. The average molecular weight is 306 g/mol. The second kappa shape index (κ2) is 6.34. The van der Waals surface area contributed by atoms with Crippen molar-refractivity contribution in [3.05, 3.63) is 35.6 Å². The van der Waals surface area contributed by atoms with Gasteiger partial charge in [-0.15, -0.1) is 0 Å². The summed E-state index contributed by atoms with van der Waals surface area (Å²) in [5.74, 6) is -0.0846. The molecule has 22 heavy (non-hydrogen) atoms. The van der Waals surface area contributed by atoms with Crippen LogP contribution in [0.1, 0.15) is 18.4 Å². The molecule has 4 nitrogen and oxygen atoms in total. The van der Waals surface area contributed by atoms with Crippen LogP contribution in [0.15, 0.2) is 24.3 Å². The molecular weight excluding hydrogens is 283 g/mol. The summed E-state index contributed by atoms with van der Waals surface area (Å²) in [6.45, 7) is 4.04. The minimum absolute atomic E-state index is 0.0227. The lowest BCUT2D eigenvalue weighted by atomic mass is 9.71. The monoisotopic (exact) mass is 306 g/mol. The number of hydrogen-bond acceptors (Lipinski definition) is 3. The number of methoxy groups -OCH3 is 1. The number of benzene rings is 1. The molecule has 2 heterocycles. The number of ether oxygens (including phenoxy) is 1. The van der Waals surface area contributed by atoms with Gasteiger partial charge in [0.2, 0.25) is 5.91 Å². The lowest BCUT2D eigenvalue weighted by Gasteiger charge is -2.41. The van der Waals surface area contributed by atoms with Crippen molar-refractivity contribution >= 4 is 5.91 Å². The van der Waals surface area contributed by atoms with Crippen LogP contribution in [-0.2, 0) is 16.1 Å². The van der Waals surface area contributed by atoms with Crippen molar-refractivity contribution < 1.29 is 13.9 Å². The quantitative estimate of drug-likeness (QED) is 0.922. The van der Waals surface area contributed by atoms with E-state index in [-0.39, 0.29) is 23.1 Å². The molecular formula is C17H23FN2O2. The maximum Gasteiger partial charge on any atom is 0.226 e. The molecule has 1 aromatic carbocycles. The highest BCUT2D eigenvalue weighted by atomic mass is 19.1. The minimum atomic E-state index is -0.195. The second-order valence-corrected chi connectivity index (χ2v) is 6.49. The summed E-state index contributed by atoms with van der Waals surface area (Å²) in [4.78, 5) is 14.4. The van der Waals surface area contributed by atoms with E-state index in [4.69, 9.17) is 4.74 Å². The van der Waals surface area contributed by atoms with Gasteiger partial charge in [-0.2, -0.15) is 0 Å². The number of halogens is 1. The fourth-order valence-electron chi connectivity index (χ4n) is 3.74. The Bertz CT molecular complexity index is 524. The summed E-state index contributed by atoms with van der Waals surface area (Å²) in [5.41, 5.74) is 1.18. The van der Waals surface area contributed by atoms with Gasteiger partial charge in [-0.05, 0) is 43.6 Å². The first kappa shape index (κ1) is 15.4. The third kappa shape index (κ3) is 3.01. The summed E-state index contributed by atoms with van der Waals surface area (Å²) < 4.78 is 18.2. The molecule has 2 aliphatic heterocycles. The molecule has 0 radical (unpaired) electrons. The molecule has 0 bridgehead atoms. The Morgan fingerprint density at radius 2 is 2.00 bits per heavy atom. The van der Waals surface area contributed by atoms with Crippen LogP contribution in [0.3, 0.4) is 0 Å². The molecule has 1 aromatic rings. The molecule has 0 aromatic heterocycles. The van der Waals surface area contributed by atoms with Gasteiger partial charge in [0.05, 0.1) is 12.5 Å². The second-order valence-electron chi connectivity index (χ2n) is 6.49. The SMILES string of the molecule is COC[C@@H]1C(=O)NCC12CCN(Cc1ccc(F)cc1)CC2. The van der Waals surface area contributed by atoms with Gasteiger partial charge in [0.25, 0.3) is 0 Å². The number of carbonyl (C=O) groups excluding carboxylic acids is 1. The highest BCUT2D eigenvalue weighted by Crippen LogP contribution is 2.42. The zero-order valence-corrected chi connectivity index (χ0v) is 13.0. The number of rotatable bonds is 4. The Hall–Kier alpha value is -1.46. The lowest BCUT2D eigenvalue weighted by Crippen LogP contribution is -2.45. The third-order valence-corrected chi connectivity index (χ3v) is 5.17. The van der Waals surface area contributed by atoms with Crippen molar-refractivity contribution in [2.75, 3.05) is 33.4 Å². The number of likely N-dealkylation sites (tertiary alicyclic amines) is 1. The van der Waals surface area contributed by atoms with Crippen LogP contribution in [0, 0.1) is 17.2 Å². The van der Waals surface area contributed by atoms with E-state index in [9.17, 15) is 9.18 Å². The van der Waals surface area contributed by atoms with Gasteiger partial charge in [-0.3, -0.25) is 9.69 Å². The van der Waals surface area contributed by atoms with E-state index in [0.29, 0.717) is 6.61 Å². The normalized spacial score (nSPS) is 24.6. The third-order valence-electron chi connectivity index (χ3n) is 5.17. The topological polar surface area (TPSA) is 41.6 Å². The van der Waals surface area contributed by atoms with Gasteiger partial charge in [0.15, 0.2) is 0 Å². The van der Waals surface area contributed by atoms with Gasteiger partial charge in [0, 0.05) is 25.6 Å². The van der Waals surface area contributed by atoms with Crippen molar-refractivity contribution in [2.24, 2.45) is 11.3 Å². The van der Waals surface area contributed by atoms with Crippen LogP contribution in [0.25, 0.3) is 0 Å². The van der Waals surface area contributed by atoms with E-state index in [1.54, 1.807) is 7.11 Å². The molecule has 0 saturated carbocycles. The van der Waals surface area contributed by atoms with Crippen LogP contribution in [0.2, 0.25) is 0 Å². The first-order valence-corrected chi connectivity index (χ1v) is 7.86. The fraction of sp³-hybridized carbons (Fsp3) is 0.588. The molecule has 3 rings (SSSR count). The Kier molecular flexibility index (Phi) is 4.45. The lowest BCUT2D eigenvalue weighted by molar-refractivity contribution is -0.126. The van der Waals surface area contributed by atoms with Gasteiger partial charge in [0.1, 0.15) is 5.82 Å². The maximum absolute atomic E-state index is 13.0. The average Bonchev–Trinajstić information content (AvgIpc) is 2.82. The highest BCUT2D eigenvalue weighted by Gasteiger charge is 2.49. The molecule has 0 aliphatic carbocycles. The number of amides is 1. The van der Waals surface area contributed by atoms with Gasteiger partial charge in [-0.1, -0.05) is 12.1 Å². The maximum atomic E-state index is 13.0. The Morgan fingerprint density at radius 1 is 1.32 bits per heavy atom. The van der Waals surface area contributed by atoms with Crippen molar-refractivity contribution in [1.82, 2.24) is 10.2 Å². The van der Waals surface area contributed by atoms with E-state index in [2.05, 4.69) is 10.2 Å². The number of hydrogen-bond donors (Lipinski definition) is 1. The number of carbonyl (C=O) groups is 1. The standard InChI is InChI=1S/C17H23FN2O2/c1-22-11-15-16(21)19-12-17(15)6-8-20(9-7-17)10-13-2-4-14(18)5-3-13/h2-5,15H,6-12H2,1H3,(H,19,21)/t15-/m1/s1. The Morgan fingerprint density at radius 3 is 2.64 bits per heavy atom. The van der Waals surface area contributed by atoms with Crippen LogP contribution in [0.4, 0.5) is 4.39 Å². The van der Waals surface area contributed by atoms with E-state index in [0.717, 1.165) is 44.6 Å². The smallest absolute Gasteiger partial charge is 0.226 e. The molecule has 0 unspecified atom stereocenters. The first-order chi connectivity index (χ1) is 10.6. The molecule has 1 spiro atoms. The van der Waals surface area contributed by atoms with Gasteiger partial charge in [-0.25, -0.2) is 4.39 Å². The molecule has 1 atom stereocenters. The van der Waals surface area contributed by atoms with Gasteiger partial charge < -0.3 is 10.1 Å². The Labute approximate surface area is 130 Å². The number of nitrogens with zero attached hydrogens (tertiary/aromatic N) is 1. The van der Waals surface area contributed by atoms with E-state index in [1.807, 2.05) is 12.1 Å². The Balaban J connectivity index is 1.60. The molecule has 5 heteroatoms. The van der Waals surface area contributed by atoms with Crippen molar-refractivity contribution in [3.63, 3.8) is 0 Å². The molecule has 2 saturated heterocycles. The van der Waals surface area contributed by atoms with E-state index < -0.39 is 0 Å². The van der Waals surface area contributed by atoms with Gasteiger partial charge >= 0.3 is 0 Å². The van der Waals surface area contributed by atoms with Crippen molar-refractivity contribution in [1.29, 1.82) is 0 Å². The number of nitrogens with one attached hydrogen (secondary N) is 1. The predicted octanol–water partition coefficient (Wildman–Crippen LogP) is 1.80. The van der Waals surface area contributed by atoms with E-state index >= 15 is 0 Å². The number of piperidine rings is 1. The molecule has 2 fully saturated rings. The first-order valence-electron chi connectivity index (χ1n) is 7.86.